The molecule has 4 atom stereocenters. The molecule has 13 heteroatoms. The molecule has 0 aliphatic carbocycles. The van der Waals surface area contributed by atoms with E-state index in [-0.39, 0.29) is 65.4 Å². The van der Waals surface area contributed by atoms with Crippen LogP contribution in [-0.4, -0.2) is 67.7 Å². The maximum absolute atomic E-state index is 9.90. The van der Waals surface area contributed by atoms with Crippen LogP contribution in [0.1, 0.15) is 0 Å². The maximum Gasteiger partial charge on any atom is 1.00 e. The molecular weight excluding hydrogens is 309 g/mol. The number of carbonyl (C=O) groups is 1. The first-order chi connectivity index (χ1) is 7.54. The van der Waals surface area contributed by atoms with Crippen molar-refractivity contribution in [2.75, 3.05) is 6.61 Å². The minimum absolute atomic E-state index is 0. The summed E-state index contributed by atoms with van der Waals surface area (Å²) in [7, 11) is -5.14. The summed E-state index contributed by atoms with van der Waals surface area (Å²) in [5.74, 6) is 0. The van der Waals surface area contributed by atoms with Crippen molar-refractivity contribution >= 4 is 14.1 Å². The van der Waals surface area contributed by atoms with Crippen LogP contribution in [0.5, 0.6) is 0 Å². The fourth-order valence-corrected chi connectivity index (χ4v) is 0.618. The van der Waals surface area contributed by atoms with Crippen LogP contribution in [0.4, 0.5) is 0 Å². The number of carbonyl (C=O) groups excluding carboxylic acids is 1. The summed E-state index contributed by atoms with van der Waals surface area (Å²) in [5, 5.41) is 43.5. The van der Waals surface area contributed by atoms with Crippen molar-refractivity contribution in [3.8, 4) is 0 Å². The monoisotopic (exact) mass is 322 g/mol. The van der Waals surface area contributed by atoms with E-state index in [9.17, 15) is 4.79 Å². The van der Waals surface area contributed by atoms with E-state index in [1.54, 1.807) is 0 Å². The quantitative estimate of drug-likeness (QED) is 0.160. The van der Waals surface area contributed by atoms with Gasteiger partial charge in [-0.3, -0.25) is 0 Å². The predicted octanol–water partition coefficient (Wildman–Crippen LogP) is -11.6. The van der Waals surface area contributed by atoms with Crippen LogP contribution in [0.25, 0.3) is 0 Å². The van der Waals surface area contributed by atoms with Crippen molar-refractivity contribution in [3.05, 3.63) is 0 Å². The number of phosphoric acid groups is 1. The normalized spacial score (nSPS) is 16.4. The van der Waals surface area contributed by atoms with E-state index >= 15 is 0 Å². The Labute approximate surface area is 152 Å². The van der Waals surface area contributed by atoms with Crippen LogP contribution in [0.3, 0.4) is 0 Å². The van der Waals surface area contributed by atoms with Gasteiger partial charge in [-0.15, -0.1) is 0 Å². The molecule has 0 aromatic rings. The van der Waals surface area contributed by atoms with Gasteiger partial charge in [0, 0.05) is 0 Å². The summed E-state index contributed by atoms with van der Waals surface area (Å²) >= 11 is 0. The van der Waals surface area contributed by atoms with E-state index in [4.69, 9.17) is 44.8 Å². The molecule has 104 valence electrons. The van der Waals surface area contributed by atoms with E-state index in [0.29, 0.717) is 0 Å². The summed E-state index contributed by atoms with van der Waals surface area (Å²) in [5.41, 5.74) is 0. The van der Waals surface area contributed by atoms with Crippen molar-refractivity contribution in [3.63, 3.8) is 0 Å². The van der Waals surface area contributed by atoms with Crippen molar-refractivity contribution in [1.29, 1.82) is 0 Å². The molecule has 0 rings (SSSR count). The number of hydrogen-bond donors (Lipinski definition) is 6. The second kappa shape index (κ2) is 14.5. The van der Waals surface area contributed by atoms with Gasteiger partial charge in [-0.25, -0.2) is 0 Å². The van der Waals surface area contributed by atoms with Crippen LogP contribution in [0.2, 0.25) is 0 Å². The van der Waals surface area contributed by atoms with Crippen LogP contribution >= 0.6 is 7.82 Å². The van der Waals surface area contributed by atoms with Gasteiger partial charge in [0.2, 0.25) is 0 Å². The first-order valence-corrected chi connectivity index (χ1v) is 5.57. The molecule has 0 saturated carbocycles. The van der Waals surface area contributed by atoms with E-state index < -0.39 is 38.8 Å². The Morgan fingerprint density at radius 2 is 1.37 bits per heavy atom. The molecule has 0 saturated heterocycles. The minimum Gasteiger partial charge on any atom is -0.790 e. The summed E-state index contributed by atoms with van der Waals surface area (Å²) in [6.45, 7) is -0.760. The van der Waals surface area contributed by atoms with E-state index in [2.05, 4.69) is 0 Å². The van der Waals surface area contributed by atoms with Crippen LogP contribution in [0, 0.1) is 0 Å². The fourth-order valence-electron chi connectivity index (χ4n) is 0.618. The zero-order valence-electron chi connectivity index (χ0n) is 10.4. The van der Waals surface area contributed by atoms with Gasteiger partial charge in [0.25, 0.3) is 0 Å². The predicted molar refractivity (Wildman–Crippen MR) is 47.0 cm³/mol. The molecule has 6 N–H and O–H groups in total. The van der Waals surface area contributed by atoms with Gasteiger partial charge in [-0.05, 0) is 0 Å². The van der Waals surface area contributed by atoms with Gasteiger partial charge in [-0.2, -0.15) is 0 Å². The molecule has 10 nitrogen and oxygen atoms in total. The number of aliphatic hydroxyl groups is 5. The standard InChI is InChI=1S/C6H12O6.2Na.H3O4P/c7-1-3(9)5(11)6(12)4(10)2-8;;;1-5(2,3)4/h1,3-6,8-12H,2H2;;;(H3,1,2,3,4)/q;2*+1;/p-2. The van der Waals surface area contributed by atoms with Crippen LogP contribution in [0.15, 0.2) is 0 Å². The average molecular weight is 322 g/mol. The molecule has 0 aromatic carbocycles. The molecule has 0 bridgehead atoms. The summed E-state index contributed by atoms with van der Waals surface area (Å²) in [6.07, 6.45) is -6.84. The molecule has 0 aliphatic rings. The van der Waals surface area contributed by atoms with Gasteiger partial charge in [0.15, 0.2) is 6.29 Å². The zero-order chi connectivity index (χ0) is 14.2. The third-order valence-corrected chi connectivity index (χ3v) is 1.42. The largest absolute Gasteiger partial charge is 1.00 e. The van der Waals surface area contributed by atoms with Crippen molar-refractivity contribution in [2.24, 2.45) is 0 Å². The fraction of sp³-hybridized carbons (Fsp3) is 0.833. The minimum atomic E-state index is -5.14. The molecule has 0 heterocycles. The molecule has 0 aliphatic heterocycles. The second-order valence-electron chi connectivity index (χ2n) is 2.83. The smallest absolute Gasteiger partial charge is 0.790 e. The Balaban J connectivity index is -0.000000139. The van der Waals surface area contributed by atoms with Crippen LogP contribution in [-0.2, 0) is 9.36 Å². The molecule has 0 fully saturated rings. The second-order valence-corrected chi connectivity index (χ2v) is 3.76. The molecular formula is C6H13Na2O10P. The molecule has 0 aromatic heterocycles. The van der Waals surface area contributed by atoms with Gasteiger partial charge in [0.05, 0.1) is 14.4 Å². The average Bonchev–Trinajstić information content (AvgIpc) is 2.22. The Kier molecular flexibility index (Phi) is 21.9. The molecule has 0 spiro atoms. The van der Waals surface area contributed by atoms with Crippen molar-refractivity contribution in [2.45, 2.75) is 24.4 Å². The third-order valence-electron chi connectivity index (χ3n) is 1.42. The SMILES string of the molecule is O=CC(O)C(O)C(O)C(O)CO.O=P([O-])([O-])O.[Na+].[Na+]. The number of aldehydes is 1. The van der Waals surface area contributed by atoms with Crippen molar-refractivity contribution in [1.82, 2.24) is 0 Å². The first kappa shape index (κ1) is 28.7. The van der Waals surface area contributed by atoms with Gasteiger partial charge < -0.3 is 49.6 Å². The van der Waals surface area contributed by atoms with E-state index in [0.717, 1.165) is 0 Å². The molecule has 4 unspecified atom stereocenters. The summed E-state index contributed by atoms with van der Waals surface area (Å²) in [4.78, 5) is 34.2. The van der Waals surface area contributed by atoms with Crippen LogP contribution < -0.4 is 68.9 Å². The van der Waals surface area contributed by atoms with E-state index in [1.807, 2.05) is 0 Å². The maximum atomic E-state index is 9.90. The van der Waals surface area contributed by atoms with Crippen molar-refractivity contribution < 1.29 is 109 Å². The van der Waals surface area contributed by atoms with E-state index in [1.165, 1.54) is 0 Å². The molecule has 19 heavy (non-hydrogen) atoms. The number of aliphatic hydroxyl groups excluding tert-OH is 5. The number of rotatable bonds is 5. The van der Waals surface area contributed by atoms with Gasteiger partial charge >= 0.3 is 59.1 Å². The first-order valence-electron chi connectivity index (χ1n) is 4.07. The summed E-state index contributed by atoms with van der Waals surface area (Å²) in [6, 6.07) is 0. The topological polar surface area (TPSA) is 202 Å². The zero-order valence-corrected chi connectivity index (χ0v) is 15.3. The van der Waals surface area contributed by atoms with Gasteiger partial charge in [-0.1, -0.05) is 0 Å². The third kappa shape index (κ3) is 19.6. The van der Waals surface area contributed by atoms with Gasteiger partial charge in [0.1, 0.15) is 24.4 Å². The number of hydrogen-bond acceptors (Lipinski definition) is 9. The molecule has 0 radical (unpaired) electrons. The molecule has 0 amide bonds. The Morgan fingerprint density at radius 3 is 1.58 bits per heavy atom. The Hall–Kier alpha value is 1.58. The summed E-state index contributed by atoms with van der Waals surface area (Å²) < 4.78 is 8.66. The Morgan fingerprint density at radius 1 is 1.05 bits per heavy atom. The Bertz CT molecular complexity index is 252.